The van der Waals surface area contributed by atoms with Gasteiger partial charge in [-0.05, 0) is 48.5 Å². The van der Waals surface area contributed by atoms with Crippen molar-refractivity contribution in [3.8, 4) is 22.9 Å². The van der Waals surface area contributed by atoms with Crippen molar-refractivity contribution in [2.24, 2.45) is 7.05 Å². The molecule has 6 heteroatoms. The van der Waals surface area contributed by atoms with Crippen molar-refractivity contribution in [1.29, 1.82) is 0 Å². The number of hydrogen-bond donors (Lipinski definition) is 0. The Balaban J connectivity index is 1.83. The van der Waals surface area contributed by atoms with E-state index < -0.39 is 0 Å². The van der Waals surface area contributed by atoms with Crippen LogP contribution in [0.3, 0.4) is 0 Å². The molecule has 0 aliphatic carbocycles. The molecule has 0 atom stereocenters. The highest BCUT2D eigenvalue weighted by Gasteiger charge is 2.23. The molecule has 0 bridgehead atoms. The molecule has 164 valence electrons. The van der Waals surface area contributed by atoms with Gasteiger partial charge in [0.2, 0.25) is 0 Å². The normalized spacial score (nSPS) is 10.7. The standard InChI is InChI=1S/C26H28N4O2/c1-28(20-11-15-22(31-4)16-12-20)25-26(29(2)21-13-17-23(32-5)18-14-21)30(3)24(27-25)19-9-7-6-8-10-19/h6-18H,1-5H3. The van der Waals surface area contributed by atoms with E-state index in [1.54, 1.807) is 14.2 Å². The van der Waals surface area contributed by atoms with Crippen molar-refractivity contribution in [2.75, 3.05) is 38.1 Å². The Morgan fingerprint density at radius 2 is 1.19 bits per heavy atom. The second-order valence-electron chi connectivity index (χ2n) is 7.52. The number of anilines is 4. The molecular formula is C26H28N4O2. The fraction of sp³-hybridized carbons (Fsp3) is 0.192. The van der Waals surface area contributed by atoms with Gasteiger partial charge in [0.05, 0.1) is 14.2 Å². The summed E-state index contributed by atoms with van der Waals surface area (Å²) in [5, 5.41) is 0. The van der Waals surface area contributed by atoms with E-state index in [2.05, 4.69) is 40.6 Å². The van der Waals surface area contributed by atoms with Gasteiger partial charge in [0, 0.05) is 38.1 Å². The van der Waals surface area contributed by atoms with Gasteiger partial charge < -0.3 is 23.8 Å². The minimum atomic E-state index is 0.823. The van der Waals surface area contributed by atoms with Crippen LogP contribution in [0, 0.1) is 0 Å². The van der Waals surface area contributed by atoms with E-state index in [-0.39, 0.29) is 0 Å². The molecule has 4 aromatic rings. The average molecular weight is 429 g/mol. The maximum atomic E-state index is 5.32. The summed E-state index contributed by atoms with van der Waals surface area (Å²) in [6, 6.07) is 26.2. The largest absolute Gasteiger partial charge is 0.497 e. The molecule has 6 nitrogen and oxygen atoms in total. The minimum absolute atomic E-state index is 0.823. The van der Waals surface area contributed by atoms with Crippen molar-refractivity contribution in [2.45, 2.75) is 0 Å². The van der Waals surface area contributed by atoms with Crippen LogP contribution in [0.25, 0.3) is 11.4 Å². The molecule has 0 aliphatic rings. The molecule has 1 aromatic heterocycles. The number of aromatic nitrogens is 2. The molecule has 3 aromatic carbocycles. The van der Waals surface area contributed by atoms with Crippen LogP contribution in [-0.2, 0) is 7.05 Å². The second-order valence-corrected chi connectivity index (χ2v) is 7.52. The van der Waals surface area contributed by atoms with Crippen molar-refractivity contribution < 1.29 is 9.47 Å². The molecular weight excluding hydrogens is 400 g/mol. The predicted octanol–water partition coefficient (Wildman–Crippen LogP) is 5.64. The van der Waals surface area contributed by atoms with Gasteiger partial charge in [-0.25, -0.2) is 4.98 Å². The molecule has 0 amide bonds. The summed E-state index contributed by atoms with van der Waals surface area (Å²) in [5.41, 5.74) is 3.12. The molecule has 0 saturated heterocycles. The Kier molecular flexibility index (Phi) is 6.03. The lowest BCUT2D eigenvalue weighted by Gasteiger charge is -2.25. The van der Waals surface area contributed by atoms with Crippen LogP contribution in [0.1, 0.15) is 0 Å². The summed E-state index contributed by atoms with van der Waals surface area (Å²) >= 11 is 0. The van der Waals surface area contributed by atoms with Gasteiger partial charge in [-0.15, -0.1) is 0 Å². The molecule has 0 spiro atoms. The first-order valence-corrected chi connectivity index (χ1v) is 10.4. The fourth-order valence-electron chi connectivity index (χ4n) is 3.78. The number of rotatable bonds is 7. The lowest BCUT2D eigenvalue weighted by atomic mass is 10.2. The van der Waals surface area contributed by atoms with Crippen LogP contribution in [0.15, 0.2) is 78.9 Å². The van der Waals surface area contributed by atoms with Gasteiger partial charge >= 0.3 is 0 Å². The molecule has 0 aliphatic heterocycles. The van der Waals surface area contributed by atoms with Crippen molar-refractivity contribution >= 4 is 23.0 Å². The van der Waals surface area contributed by atoms with Crippen LogP contribution < -0.4 is 19.3 Å². The lowest BCUT2D eigenvalue weighted by Crippen LogP contribution is -2.18. The van der Waals surface area contributed by atoms with E-state index in [1.807, 2.05) is 73.8 Å². The first-order valence-electron chi connectivity index (χ1n) is 10.4. The van der Waals surface area contributed by atoms with Crippen molar-refractivity contribution in [3.05, 3.63) is 78.9 Å². The first kappa shape index (κ1) is 21.3. The topological polar surface area (TPSA) is 42.8 Å². The third-order valence-corrected chi connectivity index (χ3v) is 5.63. The SMILES string of the molecule is COc1ccc(N(C)c2nc(-c3ccccc3)n(C)c2N(C)c2ccc(OC)cc2)cc1. The third-order valence-electron chi connectivity index (χ3n) is 5.63. The Bertz CT molecular complexity index is 1170. The highest BCUT2D eigenvalue weighted by atomic mass is 16.5. The number of methoxy groups -OCH3 is 2. The van der Waals surface area contributed by atoms with Crippen molar-refractivity contribution in [1.82, 2.24) is 9.55 Å². The quantitative estimate of drug-likeness (QED) is 0.381. The van der Waals surface area contributed by atoms with Crippen molar-refractivity contribution in [3.63, 3.8) is 0 Å². The van der Waals surface area contributed by atoms with E-state index in [4.69, 9.17) is 14.5 Å². The smallest absolute Gasteiger partial charge is 0.176 e. The maximum Gasteiger partial charge on any atom is 0.176 e. The molecule has 0 radical (unpaired) electrons. The molecule has 0 unspecified atom stereocenters. The maximum absolute atomic E-state index is 5.32. The number of hydrogen-bond acceptors (Lipinski definition) is 5. The molecule has 0 fully saturated rings. The second kappa shape index (κ2) is 9.06. The predicted molar refractivity (Wildman–Crippen MR) is 131 cm³/mol. The number of benzene rings is 3. The summed E-state index contributed by atoms with van der Waals surface area (Å²) in [6.45, 7) is 0. The Labute approximate surface area is 189 Å². The summed E-state index contributed by atoms with van der Waals surface area (Å²) in [4.78, 5) is 9.32. The van der Waals surface area contributed by atoms with Crippen LogP contribution in [0.2, 0.25) is 0 Å². The molecule has 0 N–H and O–H groups in total. The van der Waals surface area contributed by atoms with E-state index >= 15 is 0 Å². The average Bonchev–Trinajstić information content (AvgIpc) is 3.20. The highest BCUT2D eigenvalue weighted by molar-refractivity contribution is 5.80. The monoisotopic (exact) mass is 428 g/mol. The third kappa shape index (κ3) is 3.99. The zero-order chi connectivity index (χ0) is 22.7. The van der Waals surface area contributed by atoms with E-state index in [0.717, 1.165) is 45.9 Å². The zero-order valence-corrected chi connectivity index (χ0v) is 19.1. The van der Waals surface area contributed by atoms with E-state index in [0.29, 0.717) is 0 Å². The Hall–Kier alpha value is -3.93. The van der Waals surface area contributed by atoms with Gasteiger partial charge in [0.1, 0.15) is 17.3 Å². The van der Waals surface area contributed by atoms with Gasteiger partial charge in [0.15, 0.2) is 11.6 Å². The molecule has 1 heterocycles. The molecule has 0 saturated carbocycles. The minimum Gasteiger partial charge on any atom is -0.497 e. The Morgan fingerprint density at radius 1 is 0.688 bits per heavy atom. The summed E-state index contributed by atoms with van der Waals surface area (Å²) in [5.74, 6) is 4.38. The van der Waals surface area contributed by atoms with Crippen LogP contribution in [-0.4, -0.2) is 37.9 Å². The molecule has 4 rings (SSSR count). The van der Waals surface area contributed by atoms with Gasteiger partial charge in [-0.2, -0.15) is 0 Å². The number of ether oxygens (including phenoxy) is 2. The molecule has 32 heavy (non-hydrogen) atoms. The summed E-state index contributed by atoms with van der Waals surface area (Å²) < 4.78 is 12.8. The highest BCUT2D eigenvalue weighted by Crippen LogP contribution is 2.39. The van der Waals surface area contributed by atoms with E-state index in [1.165, 1.54) is 0 Å². The Morgan fingerprint density at radius 3 is 1.69 bits per heavy atom. The van der Waals surface area contributed by atoms with Gasteiger partial charge in [0.25, 0.3) is 0 Å². The lowest BCUT2D eigenvalue weighted by molar-refractivity contribution is 0.414. The van der Waals surface area contributed by atoms with Crippen LogP contribution >= 0.6 is 0 Å². The van der Waals surface area contributed by atoms with Crippen LogP contribution in [0.5, 0.6) is 11.5 Å². The number of nitrogens with zero attached hydrogens (tertiary/aromatic N) is 4. The fourth-order valence-corrected chi connectivity index (χ4v) is 3.78. The van der Waals surface area contributed by atoms with Gasteiger partial charge in [-0.1, -0.05) is 30.3 Å². The summed E-state index contributed by atoms with van der Waals surface area (Å²) in [6.07, 6.45) is 0. The van der Waals surface area contributed by atoms with Gasteiger partial charge in [-0.3, -0.25) is 0 Å². The number of imidazole rings is 1. The summed E-state index contributed by atoms with van der Waals surface area (Å²) in [7, 11) is 9.48. The van der Waals surface area contributed by atoms with E-state index in [9.17, 15) is 0 Å². The zero-order valence-electron chi connectivity index (χ0n) is 19.1. The van der Waals surface area contributed by atoms with Crippen LogP contribution in [0.4, 0.5) is 23.0 Å². The first-order chi connectivity index (χ1) is 15.5.